The van der Waals surface area contributed by atoms with Crippen LogP contribution in [-0.4, -0.2) is 33.9 Å². The number of nitrogens with one attached hydrogen (secondary N) is 1. The minimum Gasteiger partial charge on any atom is -0.496 e. The van der Waals surface area contributed by atoms with Gasteiger partial charge in [0.15, 0.2) is 0 Å². The zero-order chi connectivity index (χ0) is 13.7. The minimum absolute atomic E-state index is 0.0938. The van der Waals surface area contributed by atoms with Crippen LogP contribution in [0, 0.1) is 0 Å². The van der Waals surface area contributed by atoms with Crippen LogP contribution in [0.1, 0.15) is 30.9 Å². The van der Waals surface area contributed by atoms with Crippen LogP contribution in [0.4, 0.5) is 0 Å². The van der Waals surface area contributed by atoms with E-state index in [2.05, 4.69) is 30.4 Å². The first-order chi connectivity index (χ1) is 9.25. The summed E-state index contributed by atoms with van der Waals surface area (Å²) in [6.07, 6.45) is 3.26. The Morgan fingerprint density at radius 1 is 1.21 bits per heavy atom. The summed E-state index contributed by atoms with van der Waals surface area (Å²) >= 11 is 0. The second kappa shape index (κ2) is 6.40. The third-order valence-electron chi connectivity index (χ3n) is 4.22. The molecule has 0 amide bonds. The summed E-state index contributed by atoms with van der Waals surface area (Å²) in [5.41, 5.74) is 2.78. The van der Waals surface area contributed by atoms with Gasteiger partial charge in [0.25, 0.3) is 0 Å². The molecular weight excluding hydrogens is 238 g/mol. The van der Waals surface area contributed by atoms with E-state index in [1.54, 1.807) is 14.2 Å². The number of methoxy groups -OCH3 is 2. The smallest absolute Gasteiger partial charge is 0.122 e. The van der Waals surface area contributed by atoms with E-state index in [0.29, 0.717) is 0 Å². The summed E-state index contributed by atoms with van der Waals surface area (Å²) in [4.78, 5) is 0. The number of ether oxygens (including phenoxy) is 2. The molecule has 3 nitrogen and oxygen atoms in total. The molecule has 1 aliphatic heterocycles. The highest BCUT2D eigenvalue weighted by atomic mass is 16.5. The maximum absolute atomic E-state index is 5.59. The lowest BCUT2D eigenvalue weighted by molar-refractivity contribution is 0.106. The van der Waals surface area contributed by atoms with Gasteiger partial charge < -0.3 is 14.8 Å². The van der Waals surface area contributed by atoms with Crippen LogP contribution in [0.3, 0.4) is 0 Å². The van der Waals surface area contributed by atoms with Crippen LogP contribution >= 0.6 is 0 Å². The predicted molar refractivity (Wildman–Crippen MR) is 78.0 cm³/mol. The molecule has 0 unspecified atom stereocenters. The Balaban J connectivity index is 2.44. The summed E-state index contributed by atoms with van der Waals surface area (Å²) < 4.78 is 11.1. The van der Waals surface area contributed by atoms with Gasteiger partial charge >= 0.3 is 0 Å². The Bertz CT molecular complexity index is 406. The lowest BCUT2D eigenvalue weighted by atomic mass is 9.73. The molecule has 19 heavy (non-hydrogen) atoms. The molecule has 0 bridgehead atoms. The van der Waals surface area contributed by atoms with Crippen molar-refractivity contribution in [2.75, 3.05) is 33.9 Å². The van der Waals surface area contributed by atoms with E-state index >= 15 is 0 Å². The zero-order valence-electron chi connectivity index (χ0n) is 12.3. The summed E-state index contributed by atoms with van der Waals surface area (Å²) in [6.45, 7) is 5.04. The molecule has 3 heteroatoms. The molecule has 1 aromatic carbocycles. The summed E-state index contributed by atoms with van der Waals surface area (Å²) in [6, 6.07) is 6.57. The van der Waals surface area contributed by atoms with Gasteiger partial charge in [-0.05, 0) is 44.0 Å². The lowest BCUT2D eigenvalue weighted by Gasteiger charge is -2.38. The van der Waals surface area contributed by atoms with Crippen molar-refractivity contribution in [3.63, 3.8) is 0 Å². The van der Waals surface area contributed by atoms with E-state index in [1.165, 1.54) is 11.1 Å². The van der Waals surface area contributed by atoms with Crippen LogP contribution in [0.25, 0.3) is 0 Å². The van der Waals surface area contributed by atoms with Crippen molar-refractivity contribution in [1.82, 2.24) is 5.32 Å². The van der Waals surface area contributed by atoms with Gasteiger partial charge in [0, 0.05) is 18.1 Å². The molecule has 0 saturated carbocycles. The number of aryl methyl sites for hydroxylation is 1. The predicted octanol–water partition coefficient (Wildman–Crippen LogP) is 2.53. The van der Waals surface area contributed by atoms with Gasteiger partial charge in [-0.2, -0.15) is 0 Å². The second-order valence-electron chi connectivity index (χ2n) is 5.35. The molecule has 0 spiro atoms. The molecular formula is C16H25NO2. The Hall–Kier alpha value is -1.06. The van der Waals surface area contributed by atoms with Gasteiger partial charge in [-0.25, -0.2) is 0 Å². The number of hydrogen-bond donors (Lipinski definition) is 1. The third-order valence-corrected chi connectivity index (χ3v) is 4.22. The van der Waals surface area contributed by atoms with E-state index in [1.807, 2.05) is 0 Å². The van der Waals surface area contributed by atoms with Gasteiger partial charge in [-0.3, -0.25) is 0 Å². The third kappa shape index (κ3) is 2.93. The normalized spacial score (nSPS) is 18.3. The Morgan fingerprint density at radius 2 is 1.95 bits per heavy atom. The van der Waals surface area contributed by atoms with Crippen molar-refractivity contribution in [3.05, 3.63) is 29.3 Å². The number of piperidine rings is 1. The quantitative estimate of drug-likeness (QED) is 0.885. The van der Waals surface area contributed by atoms with Crippen molar-refractivity contribution in [1.29, 1.82) is 0 Å². The molecule has 0 radical (unpaired) electrons. The number of benzene rings is 1. The fourth-order valence-electron chi connectivity index (χ4n) is 3.06. The SMILES string of the molecule is CCc1ccc(OC)c(C2(COC)CCNCC2)c1. The molecule has 1 fully saturated rings. The summed E-state index contributed by atoms with van der Waals surface area (Å²) in [5, 5.41) is 3.44. The van der Waals surface area contributed by atoms with Crippen molar-refractivity contribution < 1.29 is 9.47 Å². The second-order valence-corrected chi connectivity index (χ2v) is 5.35. The largest absolute Gasteiger partial charge is 0.496 e. The molecule has 1 aliphatic rings. The molecule has 1 heterocycles. The highest BCUT2D eigenvalue weighted by Crippen LogP contribution is 2.39. The van der Waals surface area contributed by atoms with Crippen molar-refractivity contribution >= 4 is 0 Å². The fraction of sp³-hybridized carbons (Fsp3) is 0.625. The van der Waals surface area contributed by atoms with Gasteiger partial charge in [0.2, 0.25) is 0 Å². The maximum Gasteiger partial charge on any atom is 0.122 e. The van der Waals surface area contributed by atoms with Gasteiger partial charge in [0.1, 0.15) is 5.75 Å². The molecule has 2 rings (SSSR count). The first kappa shape index (κ1) is 14.4. The van der Waals surface area contributed by atoms with Crippen LogP contribution in [0.15, 0.2) is 18.2 Å². The molecule has 0 aliphatic carbocycles. The van der Waals surface area contributed by atoms with Crippen LogP contribution < -0.4 is 10.1 Å². The minimum atomic E-state index is 0.0938. The number of hydrogen-bond acceptors (Lipinski definition) is 3. The van der Waals surface area contributed by atoms with E-state index in [-0.39, 0.29) is 5.41 Å². The molecule has 1 saturated heterocycles. The Kier molecular flexibility index (Phi) is 4.83. The van der Waals surface area contributed by atoms with E-state index in [9.17, 15) is 0 Å². The zero-order valence-corrected chi connectivity index (χ0v) is 12.3. The number of rotatable bonds is 5. The monoisotopic (exact) mass is 263 g/mol. The Labute approximate surface area is 116 Å². The fourth-order valence-corrected chi connectivity index (χ4v) is 3.06. The van der Waals surface area contributed by atoms with Gasteiger partial charge in [-0.1, -0.05) is 19.1 Å². The average Bonchev–Trinajstić information content (AvgIpc) is 2.48. The Morgan fingerprint density at radius 3 is 2.53 bits per heavy atom. The van der Waals surface area contributed by atoms with Crippen molar-refractivity contribution in [2.45, 2.75) is 31.6 Å². The highest BCUT2D eigenvalue weighted by Gasteiger charge is 2.36. The summed E-state index contributed by atoms with van der Waals surface area (Å²) in [5.74, 6) is 0.996. The van der Waals surface area contributed by atoms with E-state index in [0.717, 1.165) is 44.7 Å². The van der Waals surface area contributed by atoms with Crippen LogP contribution in [0.5, 0.6) is 5.75 Å². The average molecular weight is 263 g/mol. The topological polar surface area (TPSA) is 30.5 Å². The molecule has 1 aromatic rings. The van der Waals surface area contributed by atoms with Crippen LogP contribution in [0.2, 0.25) is 0 Å². The first-order valence-electron chi connectivity index (χ1n) is 7.13. The molecule has 1 N–H and O–H groups in total. The molecule has 0 aromatic heterocycles. The van der Waals surface area contributed by atoms with Crippen molar-refractivity contribution in [2.24, 2.45) is 0 Å². The first-order valence-corrected chi connectivity index (χ1v) is 7.13. The molecule has 106 valence electrons. The summed E-state index contributed by atoms with van der Waals surface area (Å²) in [7, 11) is 3.55. The standard InChI is InChI=1S/C16H25NO2/c1-4-13-5-6-15(19-3)14(11-13)16(12-18-2)7-9-17-10-8-16/h5-6,11,17H,4,7-10,12H2,1-3H3. The van der Waals surface area contributed by atoms with E-state index < -0.39 is 0 Å². The maximum atomic E-state index is 5.59. The van der Waals surface area contributed by atoms with Gasteiger partial charge in [0.05, 0.1) is 13.7 Å². The van der Waals surface area contributed by atoms with Crippen molar-refractivity contribution in [3.8, 4) is 5.75 Å². The molecule has 0 atom stereocenters. The van der Waals surface area contributed by atoms with E-state index in [4.69, 9.17) is 9.47 Å². The van der Waals surface area contributed by atoms with Crippen LogP contribution in [-0.2, 0) is 16.6 Å². The van der Waals surface area contributed by atoms with Gasteiger partial charge in [-0.15, -0.1) is 0 Å². The highest BCUT2D eigenvalue weighted by molar-refractivity contribution is 5.43. The lowest BCUT2D eigenvalue weighted by Crippen LogP contribution is -2.43.